The number of nitrogens with one attached hydrogen (secondary N) is 1. The van der Waals surface area contributed by atoms with Crippen LogP contribution in [-0.2, 0) is 6.54 Å². The minimum atomic E-state index is -4.80. The molecule has 0 fully saturated rings. The molecule has 3 aromatic rings. The van der Waals surface area contributed by atoms with Crippen molar-refractivity contribution in [1.82, 2.24) is 9.97 Å². The van der Waals surface area contributed by atoms with Gasteiger partial charge in [-0.25, -0.2) is 0 Å². The van der Waals surface area contributed by atoms with Crippen LogP contribution in [0.2, 0.25) is 5.15 Å². The first-order valence-electron chi connectivity index (χ1n) is 9.38. The van der Waals surface area contributed by atoms with E-state index in [1.54, 1.807) is 0 Å². The molecule has 0 bridgehead atoms. The number of aromatic nitrogens is 2. The maximum atomic E-state index is 13.1. The summed E-state index contributed by atoms with van der Waals surface area (Å²) >= 11 is 5.93. The van der Waals surface area contributed by atoms with Crippen molar-refractivity contribution in [2.45, 2.75) is 25.4 Å². The maximum absolute atomic E-state index is 13.1. The number of nitrogens with zero attached hydrogens (tertiary/aromatic N) is 4. The average Bonchev–Trinajstić information content (AvgIpc) is 2.73. The number of rotatable bonds is 9. The Morgan fingerprint density at radius 2 is 1.63 bits per heavy atom. The summed E-state index contributed by atoms with van der Waals surface area (Å²) in [5.41, 5.74) is 0.674. The highest BCUT2D eigenvalue weighted by Crippen LogP contribution is 2.30. The van der Waals surface area contributed by atoms with Gasteiger partial charge < -0.3 is 14.8 Å². The first-order chi connectivity index (χ1) is 16.4. The van der Waals surface area contributed by atoms with Gasteiger partial charge in [-0.15, -0.1) is 18.3 Å². The van der Waals surface area contributed by atoms with E-state index in [1.165, 1.54) is 30.3 Å². The Morgan fingerprint density at radius 1 is 0.914 bits per heavy atom. The Labute approximate surface area is 197 Å². The molecule has 0 spiro atoms. The van der Waals surface area contributed by atoms with Gasteiger partial charge in [-0.2, -0.15) is 32.6 Å². The molecule has 15 heteroatoms. The molecule has 0 aliphatic carbocycles. The van der Waals surface area contributed by atoms with Crippen molar-refractivity contribution in [3.8, 4) is 11.5 Å². The van der Waals surface area contributed by atoms with E-state index < -0.39 is 24.6 Å². The van der Waals surface area contributed by atoms with Crippen LogP contribution in [0.5, 0.6) is 11.5 Å². The van der Waals surface area contributed by atoms with Crippen LogP contribution in [0.15, 0.2) is 64.8 Å². The molecule has 35 heavy (non-hydrogen) atoms. The largest absolute Gasteiger partial charge is 0.573 e. The van der Waals surface area contributed by atoms with Crippen LogP contribution in [0.4, 0.5) is 48.2 Å². The summed E-state index contributed by atoms with van der Waals surface area (Å²) in [5.74, 6) is -1.02. The zero-order valence-corrected chi connectivity index (χ0v) is 17.9. The third-order valence-corrected chi connectivity index (χ3v) is 4.06. The Hall–Kier alpha value is -3.68. The molecule has 1 N–H and O–H groups in total. The molecule has 1 aromatic heterocycles. The van der Waals surface area contributed by atoms with Gasteiger partial charge in [0.1, 0.15) is 22.5 Å². The summed E-state index contributed by atoms with van der Waals surface area (Å²) in [6.07, 6.45) is -13.5. The van der Waals surface area contributed by atoms with Gasteiger partial charge in [0.05, 0.1) is 6.54 Å². The smallest absolute Gasteiger partial charge is 0.428 e. The molecule has 0 saturated carbocycles. The predicted octanol–water partition coefficient (Wildman–Crippen LogP) is 7.29. The third-order valence-electron chi connectivity index (χ3n) is 3.87. The lowest BCUT2D eigenvalue weighted by molar-refractivity contribution is -0.274. The predicted molar refractivity (Wildman–Crippen MR) is 110 cm³/mol. The molecule has 0 aliphatic rings. The molecule has 0 atom stereocenters. The molecule has 3 rings (SSSR count). The fourth-order valence-electron chi connectivity index (χ4n) is 2.48. The van der Waals surface area contributed by atoms with Gasteiger partial charge in [0.2, 0.25) is 0 Å². The second-order valence-corrected chi connectivity index (χ2v) is 6.97. The van der Waals surface area contributed by atoms with E-state index in [2.05, 4.69) is 35.0 Å². The van der Waals surface area contributed by atoms with Crippen LogP contribution in [-0.4, -0.2) is 28.9 Å². The van der Waals surface area contributed by atoms with Crippen LogP contribution in [0.25, 0.3) is 0 Å². The van der Waals surface area contributed by atoms with Crippen molar-refractivity contribution in [3.05, 3.63) is 65.3 Å². The molecule has 7 nitrogen and oxygen atoms in total. The summed E-state index contributed by atoms with van der Waals surface area (Å²) in [4.78, 5) is 7.87. The Bertz CT molecular complexity index is 1180. The molecule has 0 radical (unpaired) electrons. The lowest BCUT2D eigenvalue weighted by Gasteiger charge is -2.17. The van der Waals surface area contributed by atoms with Gasteiger partial charge >= 0.3 is 18.9 Å². The van der Waals surface area contributed by atoms with Crippen molar-refractivity contribution in [3.63, 3.8) is 0 Å². The van der Waals surface area contributed by atoms with Crippen LogP contribution < -0.4 is 14.8 Å². The molecule has 0 unspecified atom stereocenters. The Kier molecular flexibility index (Phi) is 7.94. The number of hydrogen-bond acceptors (Lipinski definition) is 7. The molecule has 1 heterocycles. The summed E-state index contributed by atoms with van der Waals surface area (Å²) < 4.78 is 95.3. The van der Waals surface area contributed by atoms with Crippen molar-refractivity contribution in [1.29, 1.82) is 0 Å². The normalized spacial score (nSPS) is 12.3. The van der Waals surface area contributed by atoms with Crippen LogP contribution in [0.3, 0.4) is 0 Å². The molecular weight excluding hydrogens is 511 g/mol. The topological polar surface area (TPSA) is 81.0 Å². The molecule has 0 aliphatic heterocycles. The zero-order valence-electron chi connectivity index (χ0n) is 17.1. The fraction of sp³-hybridized carbons (Fsp3) is 0.200. The van der Waals surface area contributed by atoms with Crippen LogP contribution in [0, 0.1) is 0 Å². The number of azo groups is 1. The van der Waals surface area contributed by atoms with E-state index in [0.29, 0.717) is 5.56 Å². The van der Waals surface area contributed by atoms with Crippen molar-refractivity contribution < 1.29 is 40.2 Å². The van der Waals surface area contributed by atoms with Crippen molar-refractivity contribution >= 4 is 29.1 Å². The number of alkyl halides is 7. The van der Waals surface area contributed by atoms with Crippen LogP contribution >= 0.6 is 11.6 Å². The summed E-state index contributed by atoms with van der Waals surface area (Å²) in [7, 11) is 0. The van der Waals surface area contributed by atoms with E-state index >= 15 is 0 Å². The first kappa shape index (κ1) is 25.9. The number of halogens is 8. The summed E-state index contributed by atoms with van der Waals surface area (Å²) in [5, 5.41) is 10.3. The van der Waals surface area contributed by atoms with Gasteiger partial charge in [0.15, 0.2) is 0 Å². The van der Waals surface area contributed by atoms with Gasteiger partial charge in [0.25, 0.3) is 5.95 Å². The highest BCUT2D eigenvalue weighted by atomic mass is 35.5. The number of benzene rings is 2. The minimum absolute atomic E-state index is 0.0251. The Morgan fingerprint density at radius 3 is 2.29 bits per heavy atom. The lowest BCUT2D eigenvalue weighted by atomic mass is 10.2. The summed E-state index contributed by atoms with van der Waals surface area (Å²) in [6, 6.07) is 11.1. The highest BCUT2D eigenvalue weighted by Gasteiger charge is 2.44. The van der Waals surface area contributed by atoms with Crippen LogP contribution in [0.1, 0.15) is 5.56 Å². The second-order valence-electron chi connectivity index (χ2n) is 6.58. The number of hydrogen-bond donors (Lipinski definition) is 1. The zero-order chi connectivity index (χ0) is 25.6. The van der Waals surface area contributed by atoms with Gasteiger partial charge in [-0.05, 0) is 29.8 Å². The van der Waals surface area contributed by atoms with Gasteiger partial charge in [-0.3, -0.25) is 0 Å². The fourth-order valence-corrected chi connectivity index (χ4v) is 2.66. The second kappa shape index (κ2) is 10.7. The van der Waals surface area contributed by atoms with Gasteiger partial charge in [-0.1, -0.05) is 29.8 Å². The monoisotopic (exact) mass is 523 g/mol. The van der Waals surface area contributed by atoms with Crippen molar-refractivity contribution in [2.75, 3.05) is 5.32 Å². The number of ether oxygens (including phenoxy) is 2. The summed E-state index contributed by atoms with van der Waals surface area (Å²) in [6.45, 7) is -0.0251. The molecule has 2 aromatic carbocycles. The maximum Gasteiger partial charge on any atom is 0.573 e. The van der Waals surface area contributed by atoms with E-state index in [4.69, 9.17) is 11.6 Å². The molecule has 0 saturated heterocycles. The molecular formula is C20H13ClF7N5O2. The van der Waals surface area contributed by atoms with E-state index in [9.17, 15) is 30.7 Å². The van der Waals surface area contributed by atoms with Gasteiger partial charge in [0, 0.05) is 17.8 Å². The Balaban J connectivity index is 1.66. The first-order valence-corrected chi connectivity index (χ1v) is 9.76. The van der Waals surface area contributed by atoms with E-state index in [1.807, 2.05) is 0 Å². The quantitative estimate of drug-likeness (QED) is 0.181. The van der Waals surface area contributed by atoms with Crippen molar-refractivity contribution in [2.24, 2.45) is 10.2 Å². The number of anilines is 2. The average molecular weight is 524 g/mol. The highest BCUT2D eigenvalue weighted by molar-refractivity contribution is 6.29. The standard InChI is InChI=1S/C20H13ClF7N5O2/c21-15-9-16(30-12-2-1-3-14(8-12)34-19(24,25)17(22)23)32-18(31-15)33-29-10-11-4-6-13(7-5-11)35-20(26,27)28/h1-9,17H,10H2,(H,30,31,32). The molecule has 186 valence electrons. The van der Waals surface area contributed by atoms with E-state index in [-0.39, 0.29) is 34.9 Å². The SMILES string of the molecule is FC(F)C(F)(F)Oc1cccc(Nc2cc(Cl)nc(N=NCc3ccc(OC(F)(F)F)cc3)n2)c1. The molecule has 0 amide bonds. The van der Waals surface area contributed by atoms with E-state index in [0.717, 1.165) is 24.3 Å². The third kappa shape index (κ3) is 8.24. The lowest BCUT2D eigenvalue weighted by Crippen LogP contribution is -2.33. The minimum Gasteiger partial charge on any atom is -0.428 e.